The molecule has 0 amide bonds. The molecule has 1 heterocycles. The second-order valence-electron chi connectivity index (χ2n) is 5.17. The van der Waals surface area contributed by atoms with E-state index in [0.29, 0.717) is 6.54 Å². The third-order valence-electron chi connectivity index (χ3n) is 3.40. The Morgan fingerprint density at radius 3 is 2.50 bits per heavy atom. The number of benzene rings is 1. The number of nitrogens with one attached hydrogen (secondary N) is 1. The average molecular weight is 418 g/mol. The van der Waals surface area contributed by atoms with E-state index in [9.17, 15) is 4.79 Å². The molecule has 0 atom stereocenters. The number of aromatic carboxylic acids is 1. The number of carbonyl (C=O) groups is 1. The van der Waals surface area contributed by atoms with Crippen molar-refractivity contribution in [3.05, 3.63) is 50.7 Å². The Kier molecular flexibility index (Phi) is 7.05. The van der Waals surface area contributed by atoms with Crippen LogP contribution in [0.4, 0.5) is 11.4 Å². The van der Waals surface area contributed by atoms with Crippen molar-refractivity contribution in [1.29, 1.82) is 0 Å². The highest BCUT2D eigenvalue weighted by Gasteiger charge is 2.20. The first-order valence-corrected chi connectivity index (χ1v) is 8.47. The van der Waals surface area contributed by atoms with Gasteiger partial charge in [0.1, 0.15) is 10.0 Å². The van der Waals surface area contributed by atoms with Gasteiger partial charge in [0.2, 0.25) is 0 Å². The van der Waals surface area contributed by atoms with Gasteiger partial charge < -0.3 is 15.1 Å². The van der Waals surface area contributed by atoms with Gasteiger partial charge in [-0.1, -0.05) is 46.9 Å². The number of hydrogen-bond acceptors (Lipinski definition) is 6. The van der Waals surface area contributed by atoms with Crippen molar-refractivity contribution in [2.45, 2.75) is 0 Å². The third kappa shape index (κ3) is 4.76. The van der Waals surface area contributed by atoms with Crippen LogP contribution in [0.25, 0.3) is 0 Å². The number of nitrogens with zero attached hydrogens (tertiary/aromatic N) is 3. The Bertz CT molecular complexity index is 828. The molecule has 7 nitrogen and oxygen atoms in total. The van der Waals surface area contributed by atoms with Gasteiger partial charge in [-0.2, -0.15) is 5.10 Å². The minimum Gasteiger partial charge on any atom is -0.476 e. The SMILES string of the molecule is CN(CCO)c1ccc(/C=N/Nc2c(Cl)c(Cl)nc(C(=O)O)c2Cl)cc1. The van der Waals surface area contributed by atoms with E-state index in [4.69, 9.17) is 45.0 Å². The van der Waals surface area contributed by atoms with Crippen LogP contribution in [0.3, 0.4) is 0 Å². The molecule has 0 aliphatic carbocycles. The lowest BCUT2D eigenvalue weighted by molar-refractivity contribution is 0.0691. The Morgan fingerprint density at radius 1 is 1.27 bits per heavy atom. The van der Waals surface area contributed by atoms with Crippen LogP contribution in [0.15, 0.2) is 29.4 Å². The molecule has 26 heavy (non-hydrogen) atoms. The van der Waals surface area contributed by atoms with E-state index >= 15 is 0 Å². The molecule has 3 N–H and O–H groups in total. The fourth-order valence-electron chi connectivity index (χ4n) is 2.02. The summed E-state index contributed by atoms with van der Waals surface area (Å²) in [5, 5.41) is 21.6. The molecule has 0 fully saturated rings. The van der Waals surface area contributed by atoms with Crippen LogP contribution in [0.1, 0.15) is 16.1 Å². The third-order valence-corrected chi connectivity index (χ3v) is 4.51. The van der Waals surface area contributed by atoms with E-state index in [1.165, 1.54) is 6.21 Å². The van der Waals surface area contributed by atoms with Crippen molar-refractivity contribution in [1.82, 2.24) is 4.98 Å². The molecule has 0 bridgehead atoms. The summed E-state index contributed by atoms with van der Waals surface area (Å²) >= 11 is 17.8. The van der Waals surface area contributed by atoms with Crippen molar-refractivity contribution in [2.75, 3.05) is 30.5 Å². The van der Waals surface area contributed by atoms with Gasteiger partial charge in [0.15, 0.2) is 10.8 Å². The summed E-state index contributed by atoms with van der Waals surface area (Å²) in [5.41, 5.74) is 3.96. The molecule has 10 heteroatoms. The van der Waals surface area contributed by atoms with Crippen molar-refractivity contribution >= 4 is 58.4 Å². The van der Waals surface area contributed by atoms with Crippen molar-refractivity contribution in [3.8, 4) is 0 Å². The van der Waals surface area contributed by atoms with Gasteiger partial charge in [-0.25, -0.2) is 9.78 Å². The minimum absolute atomic E-state index is 0.0280. The highest BCUT2D eigenvalue weighted by atomic mass is 35.5. The van der Waals surface area contributed by atoms with Crippen molar-refractivity contribution in [3.63, 3.8) is 0 Å². The van der Waals surface area contributed by atoms with Gasteiger partial charge in [-0.15, -0.1) is 0 Å². The van der Waals surface area contributed by atoms with E-state index in [2.05, 4.69) is 15.5 Å². The largest absolute Gasteiger partial charge is 0.476 e. The predicted octanol–water partition coefficient (Wildman–Crippen LogP) is 3.61. The summed E-state index contributed by atoms with van der Waals surface area (Å²) in [5.74, 6) is -1.33. The van der Waals surface area contributed by atoms with Crippen molar-refractivity contribution < 1.29 is 15.0 Å². The molecule has 138 valence electrons. The number of likely N-dealkylation sites (N-methyl/N-ethyl adjacent to an activating group) is 1. The maximum absolute atomic E-state index is 11.1. The van der Waals surface area contributed by atoms with E-state index in [0.717, 1.165) is 11.3 Å². The average Bonchev–Trinajstić information content (AvgIpc) is 2.61. The molecular weight excluding hydrogens is 403 g/mol. The summed E-state index contributed by atoms with van der Waals surface area (Å²) in [6.07, 6.45) is 1.51. The topological polar surface area (TPSA) is 98.0 Å². The first kappa shape index (κ1) is 20.3. The van der Waals surface area contributed by atoms with E-state index in [1.54, 1.807) is 0 Å². The fourth-order valence-corrected chi connectivity index (χ4v) is 2.69. The minimum atomic E-state index is -1.33. The number of aliphatic hydroxyl groups is 1. The Morgan fingerprint density at radius 2 is 1.92 bits per heavy atom. The summed E-state index contributed by atoms with van der Waals surface area (Å²) in [6, 6.07) is 7.42. The van der Waals surface area contributed by atoms with E-state index in [1.807, 2.05) is 36.2 Å². The number of carboxylic acid groups (broad SMARTS) is 1. The molecule has 0 radical (unpaired) electrons. The zero-order chi connectivity index (χ0) is 19.3. The fraction of sp³-hybridized carbons (Fsp3) is 0.188. The molecule has 1 aromatic carbocycles. The van der Waals surface area contributed by atoms with Crippen LogP contribution in [-0.4, -0.2) is 47.6 Å². The van der Waals surface area contributed by atoms with Gasteiger partial charge >= 0.3 is 5.97 Å². The molecule has 0 saturated carbocycles. The number of pyridine rings is 1. The van der Waals surface area contributed by atoms with Gasteiger partial charge in [-0.3, -0.25) is 5.43 Å². The summed E-state index contributed by atoms with van der Waals surface area (Å²) in [7, 11) is 1.87. The second-order valence-corrected chi connectivity index (χ2v) is 6.28. The van der Waals surface area contributed by atoms with Gasteiger partial charge in [0, 0.05) is 19.3 Å². The quantitative estimate of drug-likeness (QED) is 0.362. The number of halogens is 3. The van der Waals surface area contributed by atoms with E-state index < -0.39 is 11.7 Å². The van der Waals surface area contributed by atoms with E-state index in [-0.39, 0.29) is 27.5 Å². The normalized spacial score (nSPS) is 11.0. The first-order chi connectivity index (χ1) is 12.3. The molecule has 2 aromatic rings. The molecule has 0 aliphatic heterocycles. The lowest BCUT2D eigenvalue weighted by Gasteiger charge is -2.17. The first-order valence-electron chi connectivity index (χ1n) is 7.34. The summed E-state index contributed by atoms with van der Waals surface area (Å²) in [4.78, 5) is 16.7. The smallest absolute Gasteiger partial charge is 0.356 e. The predicted molar refractivity (Wildman–Crippen MR) is 104 cm³/mol. The number of aliphatic hydroxyl groups excluding tert-OH is 1. The lowest BCUT2D eigenvalue weighted by atomic mass is 10.2. The Labute approximate surface area is 164 Å². The van der Waals surface area contributed by atoms with Crippen LogP contribution in [0.5, 0.6) is 0 Å². The molecule has 0 unspecified atom stereocenters. The van der Waals surface area contributed by atoms with Gasteiger partial charge in [0.05, 0.1) is 18.5 Å². The van der Waals surface area contributed by atoms with Crippen LogP contribution in [-0.2, 0) is 0 Å². The number of aromatic nitrogens is 1. The lowest BCUT2D eigenvalue weighted by Crippen LogP contribution is -2.20. The maximum atomic E-state index is 11.1. The number of hydrogen-bond donors (Lipinski definition) is 3. The zero-order valence-electron chi connectivity index (χ0n) is 13.6. The molecule has 2 rings (SSSR count). The molecule has 0 saturated heterocycles. The van der Waals surface area contributed by atoms with Gasteiger partial charge in [0.25, 0.3) is 0 Å². The molecule has 0 spiro atoms. The van der Waals surface area contributed by atoms with Crippen molar-refractivity contribution in [2.24, 2.45) is 5.10 Å². The number of hydrazone groups is 1. The highest BCUT2D eigenvalue weighted by molar-refractivity contribution is 6.46. The van der Waals surface area contributed by atoms with Crippen LogP contribution in [0, 0.1) is 0 Å². The maximum Gasteiger partial charge on any atom is 0.356 e. The standard InChI is InChI=1S/C16H15Cl3N4O3/c1-23(6-7-24)10-4-2-9(3-5-10)8-20-22-13-11(17)14(16(25)26)21-15(19)12(13)18/h2-5,8,24H,6-7H2,1H3,(H,21,22)(H,25,26)/b20-8+. The zero-order valence-corrected chi connectivity index (χ0v) is 15.8. The number of rotatable bonds is 7. The Hall–Kier alpha value is -2.06. The van der Waals surface area contributed by atoms with Crippen LogP contribution < -0.4 is 10.3 Å². The second kappa shape index (κ2) is 9.05. The summed E-state index contributed by atoms with van der Waals surface area (Å²) in [6.45, 7) is 0.596. The number of carboxylic acids is 1. The summed E-state index contributed by atoms with van der Waals surface area (Å²) < 4.78 is 0. The highest BCUT2D eigenvalue weighted by Crippen LogP contribution is 2.36. The monoisotopic (exact) mass is 416 g/mol. The molecule has 0 aliphatic rings. The Balaban J connectivity index is 2.17. The van der Waals surface area contributed by atoms with Gasteiger partial charge in [-0.05, 0) is 17.7 Å². The van der Waals surface area contributed by atoms with Crippen LogP contribution >= 0.6 is 34.8 Å². The van der Waals surface area contributed by atoms with Crippen LogP contribution in [0.2, 0.25) is 15.2 Å². The molecular formula is C16H15Cl3N4O3. The molecule has 1 aromatic heterocycles. The number of anilines is 2.